The average Bonchev–Trinajstić information content (AvgIpc) is 3.02. The van der Waals surface area contributed by atoms with Gasteiger partial charge < -0.3 is 20.7 Å². The minimum Gasteiger partial charge on any atom is -0.394 e. The Morgan fingerprint density at radius 1 is 1.55 bits per heavy atom. The van der Waals surface area contributed by atoms with Crippen LogP contribution in [0.3, 0.4) is 0 Å². The van der Waals surface area contributed by atoms with Crippen molar-refractivity contribution < 1.29 is 14.9 Å². The highest BCUT2D eigenvalue weighted by Crippen LogP contribution is 2.42. The number of hydrogen-bond donors (Lipinski definition) is 3. The summed E-state index contributed by atoms with van der Waals surface area (Å²) in [7, 11) is 0. The van der Waals surface area contributed by atoms with Crippen LogP contribution in [0.2, 0.25) is 0 Å². The second-order valence-corrected chi connectivity index (χ2v) is 5.15. The lowest BCUT2D eigenvalue weighted by Crippen LogP contribution is -2.42. The van der Waals surface area contributed by atoms with Crippen molar-refractivity contribution in [2.75, 3.05) is 12.3 Å². The molecule has 1 aliphatic rings. The van der Waals surface area contributed by atoms with Gasteiger partial charge in [0.25, 0.3) is 0 Å². The van der Waals surface area contributed by atoms with Crippen molar-refractivity contribution in [1.29, 1.82) is 0 Å². The van der Waals surface area contributed by atoms with Gasteiger partial charge in [0.1, 0.15) is 23.5 Å². The van der Waals surface area contributed by atoms with E-state index in [9.17, 15) is 10.2 Å². The van der Waals surface area contributed by atoms with Gasteiger partial charge in [-0.1, -0.05) is 5.11 Å². The van der Waals surface area contributed by atoms with Gasteiger partial charge in [0.05, 0.1) is 19.0 Å². The van der Waals surface area contributed by atoms with Crippen LogP contribution in [0.25, 0.3) is 21.6 Å². The highest BCUT2D eigenvalue weighted by atomic mass is 16.5. The minimum atomic E-state index is -1.34. The lowest BCUT2D eigenvalue weighted by Gasteiger charge is -2.27. The fourth-order valence-corrected chi connectivity index (χ4v) is 2.64. The van der Waals surface area contributed by atoms with Crippen molar-refractivity contribution in [3.05, 3.63) is 23.1 Å². The van der Waals surface area contributed by atoms with Gasteiger partial charge in [0.2, 0.25) is 0 Å². The van der Waals surface area contributed by atoms with E-state index in [2.05, 4.69) is 25.0 Å². The van der Waals surface area contributed by atoms with Crippen LogP contribution >= 0.6 is 0 Å². The van der Waals surface area contributed by atoms with Crippen LogP contribution in [0.15, 0.2) is 17.8 Å². The molecule has 1 aliphatic heterocycles. The zero-order valence-corrected chi connectivity index (χ0v) is 11.6. The number of hydrogen-bond acceptors (Lipinski definition) is 8. The zero-order chi connectivity index (χ0) is 15.9. The molecule has 2 aromatic heterocycles. The lowest BCUT2D eigenvalue weighted by molar-refractivity contribution is -0.0455. The Hall–Kier alpha value is -2.46. The molecule has 116 valence electrons. The van der Waals surface area contributed by atoms with Gasteiger partial charge in [-0.05, 0) is 12.5 Å². The topological polar surface area (TPSA) is 168 Å². The van der Waals surface area contributed by atoms with Gasteiger partial charge in [-0.25, -0.2) is 15.0 Å². The van der Waals surface area contributed by atoms with E-state index in [4.69, 9.17) is 16.0 Å². The first-order chi connectivity index (χ1) is 10.5. The van der Waals surface area contributed by atoms with Crippen molar-refractivity contribution in [3.8, 4) is 0 Å². The predicted molar refractivity (Wildman–Crippen MR) is 74.3 cm³/mol. The van der Waals surface area contributed by atoms with E-state index in [0.29, 0.717) is 11.2 Å². The largest absolute Gasteiger partial charge is 0.394 e. The molecule has 3 rings (SSSR count). The summed E-state index contributed by atoms with van der Waals surface area (Å²) in [5.41, 5.74) is 13.9. The third kappa shape index (κ3) is 1.88. The molecule has 0 unspecified atom stereocenters. The molecule has 11 heteroatoms. The number of nitrogens with zero attached hydrogens (tertiary/aromatic N) is 7. The van der Waals surface area contributed by atoms with E-state index in [1.54, 1.807) is 0 Å². The smallest absolute Gasteiger partial charge is 0.167 e. The first-order valence-electron chi connectivity index (χ1n) is 6.46. The maximum absolute atomic E-state index is 10.3. The van der Waals surface area contributed by atoms with Crippen LogP contribution in [-0.2, 0) is 4.74 Å². The van der Waals surface area contributed by atoms with E-state index in [0.717, 1.165) is 0 Å². The zero-order valence-electron chi connectivity index (χ0n) is 11.6. The van der Waals surface area contributed by atoms with Crippen LogP contribution in [0.1, 0.15) is 13.2 Å². The fraction of sp³-hybridized carbons (Fsp3) is 0.545. The Bertz CT molecular complexity index is 757. The Labute approximate surface area is 124 Å². The molecule has 2 aromatic rings. The molecule has 0 bridgehead atoms. The summed E-state index contributed by atoms with van der Waals surface area (Å²) in [6, 6.07) is 0. The Balaban J connectivity index is 2.16. The lowest BCUT2D eigenvalue weighted by atomic mass is 9.93. The van der Waals surface area contributed by atoms with Gasteiger partial charge in [0, 0.05) is 4.91 Å². The van der Waals surface area contributed by atoms with Gasteiger partial charge in [0.15, 0.2) is 17.7 Å². The van der Waals surface area contributed by atoms with Crippen LogP contribution in [-0.4, -0.2) is 54.1 Å². The Morgan fingerprint density at radius 2 is 2.32 bits per heavy atom. The van der Waals surface area contributed by atoms with E-state index in [1.165, 1.54) is 24.1 Å². The number of imidazole rings is 1. The summed E-state index contributed by atoms with van der Waals surface area (Å²) in [6.07, 6.45) is -0.282. The highest BCUT2D eigenvalue weighted by molar-refractivity contribution is 5.81. The number of aliphatic hydroxyl groups excluding tert-OH is 2. The first-order valence-corrected chi connectivity index (χ1v) is 6.46. The number of anilines is 1. The van der Waals surface area contributed by atoms with E-state index >= 15 is 0 Å². The SMILES string of the molecule is C[C@@]1(N=[N+]=[N-])[C@H](O)[C@@H](CO)O[C@H]1n1cnc2c(N)ncnc21. The van der Waals surface area contributed by atoms with Gasteiger partial charge in [-0.15, -0.1) is 0 Å². The number of aliphatic hydroxyl groups is 2. The maximum atomic E-state index is 10.3. The number of fused-ring (bicyclic) bond motifs is 1. The number of azide groups is 1. The summed E-state index contributed by atoms with van der Waals surface area (Å²) in [6.45, 7) is 1.12. The molecule has 1 fully saturated rings. The quantitative estimate of drug-likeness (QED) is 0.398. The van der Waals surface area contributed by atoms with E-state index in [1.807, 2.05) is 0 Å². The molecule has 0 spiro atoms. The number of rotatable bonds is 3. The Kier molecular flexibility index (Phi) is 3.34. The molecule has 0 amide bonds. The van der Waals surface area contributed by atoms with Gasteiger partial charge in [-0.3, -0.25) is 4.57 Å². The first kappa shape index (κ1) is 14.5. The third-order valence-electron chi connectivity index (χ3n) is 3.83. The molecule has 0 aliphatic carbocycles. The molecular weight excluding hydrogens is 292 g/mol. The van der Waals surface area contributed by atoms with Crippen LogP contribution < -0.4 is 5.73 Å². The predicted octanol–water partition coefficient (Wildman–Crippen LogP) is -0.272. The molecule has 0 saturated carbocycles. The summed E-state index contributed by atoms with van der Waals surface area (Å²) >= 11 is 0. The molecule has 4 N–H and O–H groups in total. The van der Waals surface area contributed by atoms with Crippen molar-refractivity contribution in [3.63, 3.8) is 0 Å². The molecule has 1 saturated heterocycles. The highest BCUT2D eigenvalue weighted by Gasteiger charge is 2.54. The molecule has 22 heavy (non-hydrogen) atoms. The molecule has 4 atom stereocenters. The van der Waals surface area contributed by atoms with Crippen LogP contribution in [0.5, 0.6) is 0 Å². The van der Waals surface area contributed by atoms with E-state index < -0.39 is 30.6 Å². The van der Waals surface area contributed by atoms with Gasteiger partial charge >= 0.3 is 0 Å². The fourth-order valence-electron chi connectivity index (χ4n) is 2.64. The number of nitrogen functional groups attached to an aromatic ring is 1. The Morgan fingerprint density at radius 3 is 3.00 bits per heavy atom. The third-order valence-corrected chi connectivity index (χ3v) is 3.83. The standard InChI is InChI=1S/C11H14N8O3/c1-11(17-18-13)7(21)5(2-20)22-10(11)19-4-16-6-8(12)14-3-15-9(6)19/h3-5,7,10,20-21H,2H2,1H3,(H2,12,14,15)/t5-,7-,10-,11-/m1/s1. The molecule has 0 aromatic carbocycles. The summed E-state index contributed by atoms with van der Waals surface area (Å²) in [5.74, 6) is 0.200. The van der Waals surface area contributed by atoms with Crippen molar-refractivity contribution in [1.82, 2.24) is 19.5 Å². The summed E-state index contributed by atoms with van der Waals surface area (Å²) < 4.78 is 7.14. The van der Waals surface area contributed by atoms with E-state index in [-0.39, 0.29) is 5.82 Å². The average molecular weight is 306 g/mol. The van der Waals surface area contributed by atoms with Crippen LogP contribution in [0.4, 0.5) is 5.82 Å². The number of nitrogens with two attached hydrogens (primary N) is 1. The summed E-state index contributed by atoms with van der Waals surface area (Å²) in [5, 5.41) is 23.3. The molecule has 11 nitrogen and oxygen atoms in total. The normalized spacial score (nSPS) is 31.3. The molecular formula is C11H14N8O3. The van der Waals surface area contributed by atoms with Gasteiger partial charge in [-0.2, -0.15) is 0 Å². The van der Waals surface area contributed by atoms with Crippen molar-refractivity contribution in [2.45, 2.75) is 30.9 Å². The van der Waals surface area contributed by atoms with Crippen molar-refractivity contribution >= 4 is 17.0 Å². The summed E-state index contributed by atoms with van der Waals surface area (Å²) in [4.78, 5) is 14.8. The number of aromatic nitrogens is 4. The molecule has 3 heterocycles. The minimum absolute atomic E-state index is 0.200. The second-order valence-electron chi connectivity index (χ2n) is 5.15. The van der Waals surface area contributed by atoms with Crippen molar-refractivity contribution in [2.24, 2.45) is 5.11 Å². The second kappa shape index (κ2) is 5.07. The molecule has 0 radical (unpaired) electrons. The maximum Gasteiger partial charge on any atom is 0.167 e. The monoisotopic (exact) mass is 306 g/mol. The number of ether oxygens (including phenoxy) is 1. The van der Waals surface area contributed by atoms with Crippen LogP contribution in [0, 0.1) is 0 Å².